The molecule has 0 aliphatic heterocycles. The van der Waals surface area contributed by atoms with E-state index in [0.29, 0.717) is 6.54 Å². The highest BCUT2D eigenvalue weighted by Gasteiger charge is 2.41. The Morgan fingerprint density at radius 2 is 1.83 bits per heavy atom. The fourth-order valence-electron chi connectivity index (χ4n) is 1.28. The molecule has 0 bridgehead atoms. The van der Waals surface area contributed by atoms with Gasteiger partial charge in [0.1, 0.15) is 6.61 Å². The summed E-state index contributed by atoms with van der Waals surface area (Å²) in [4.78, 5) is 4.72. The monoisotopic (exact) mass is 265 g/mol. The number of halogens is 4. The van der Waals surface area contributed by atoms with Crippen molar-refractivity contribution in [1.82, 2.24) is 5.06 Å². The number of hydroxylamine groups is 2. The minimum atomic E-state index is -4.12. The van der Waals surface area contributed by atoms with E-state index < -0.39 is 19.0 Å². The minimum absolute atomic E-state index is 0.274. The van der Waals surface area contributed by atoms with E-state index in [9.17, 15) is 17.6 Å². The number of hydrogen-bond donors (Lipinski definition) is 0. The molecule has 0 fully saturated rings. The highest BCUT2D eigenvalue weighted by Crippen LogP contribution is 2.23. The third-order valence-electron chi connectivity index (χ3n) is 2.31. The Kier molecular flexibility index (Phi) is 5.55. The first-order chi connectivity index (χ1) is 8.45. The maximum Gasteiger partial charge on any atom is 0.332 e. The number of nitrogens with zero attached hydrogens (tertiary/aromatic N) is 1. The average molecular weight is 265 g/mol. The van der Waals surface area contributed by atoms with Crippen LogP contribution in [0.3, 0.4) is 0 Å². The van der Waals surface area contributed by atoms with Gasteiger partial charge in [-0.25, -0.2) is 8.78 Å². The fraction of sp³-hybridized carbons (Fsp3) is 0.500. The van der Waals surface area contributed by atoms with Crippen LogP contribution in [0.25, 0.3) is 0 Å². The Morgan fingerprint density at radius 1 is 1.22 bits per heavy atom. The predicted molar refractivity (Wildman–Crippen MR) is 59.4 cm³/mol. The molecule has 1 aromatic rings. The molecule has 18 heavy (non-hydrogen) atoms. The van der Waals surface area contributed by atoms with Crippen LogP contribution in [-0.2, 0) is 11.4 Å². The second kappa shape index (κ2) is 6.70. The van der Waals surface area contributed by atoms with Crippen molar-refractivity contribution in [1.29, 1.82) is 0 Å². The lowest BCUT2D eigenvalue weighted by Crippen LogP contribution is -2.36. The van der Waals surface area contributed by atoms with Crippen LogP contribution >= 0.6 is 0 Å². The zero-order valence-corrected chi connectivity index (χ0v) is 9.95. The normalized spacial score (nSPS) is 12.4. The Morgan fingerprint density at radius 3 is 2.33 bits per heavy atom. The van der Waals surface area contributed by atoms with Crippen LogP contribution in [0, 0.1) is 0 Å². The number of rotatable bonds is 7. The maximum atomic E-state index is 12.7. The van der Waals surface area contributed by atoms with Crippen molar-refractivity contribution in [2.24, 2.45) is 0 Å². The first-order valence-electron chi connectivity index (χ1n) is 5.53. The second-order valence-electron chi connectivity index (χ2n) is 3.78. The van der Waals surface area contributed by atoms with Crippen LogP contribution in [0.5, 0.6) is 0 Å². The van der Waals surface area contributed by atoms with Gasteiger partial charge in [0.2, 0.25) is 0 Å². The number of alkyl halides is 4. The van der Waals surface area contributed by atoms with Gasteiger partial charge in [-0.15, -0.1) is 0 Å². The molecule has 0 saturated heterocycles. The topological polar surface area (TPSA) is 12.5 Å². The lowest BCUT2D eigenvalue weighted by molar-refractivity contribution is -0.244. The summed E-state index contributed by atoms with van der Waals surface area (Å²) >= 11 is 0. The van der Waals surface area contributed by atoms with E-state index in [-0.39, 0.29) is 6.54 Å². The summed E-state index contributed by atoms with van der Waals surface area (Å²) in [6.45, 7) is 0.986. The molecule has 0 radical (unpaired) electrons. The first-order valence-corrected chi connectivity index (χ1v) is 5.53. The molecule has 0 saturated carbocycles. The second-order valence-corrected chi connectivity index (χ2v) is 3.78. The van der Waals surface area contributed by atoms with E-state index in [1.165, 1.54) is 5.06 Å². The Balaban J connectivity index is 2.48. The Hall–Kier alpha value is -1.14. The summed E-state index contributed by atoms with van der Waals surface area (Å²) in [6.07, 6.45) is -3.71. The molecule has 1 rings (SSSR count). The number of hydrogen-bond acceptors (Lipinski definition) is 2. The van der Waals surface area contributed by atoms with Gasteiger partial charge in [0.05, 0.1) is 0 Å². The largest absolute Gasteiger partial charge is 0.332 e. The molecule has 0 spiro atoms. The molecule has 0 amide bonds. The van der Waals surface area contributed by atoms with E-state index in [0.717, 1.165) is 5.56 Å². The summed E-state index contributed by atoms with van der Waals surface area (Å²) in [7, 11) is 0. The molecule has 0 unspecified atom stereocenters. The van der Waals surface area contributed by atoms with E-state index >= 15 is 0 Å². The van der Waals surface area contributed by atoms with Crippen molar-refractivity contribution in [2.75, 3.05) is 13.2 Å². The van der Waals surface area contributed by atoms with Crippen LogP contribution in [0.15, 0.2) is 30.3 Å². The van der Waals surface area contributed by atoms with Crippen molar-refractivity contribution in [3.8, 4) is 0 Å². The van der Waals surface area contributed by atoms with Gasteiger partial charge in [-0.1, -0.05) is 37.3 Å². The average Bonchev–Trinajstić information content (AvgIpc) is 2.35. The third-order valence-corrected chi connectivity index (χ3v) is 2.31. The highest BCUT2D eigenvalue weighted by molar-refractivity contribution is 5.14. The van der Waals surface area contributed by atoms with Crippen LogP contribution in [0.4, 0.5) is 17.6 Å². The van der Waals surface area contributed by atoms with Crippen LogP contribution in [-0.4, -0.2) is 30.6 Å². The lowest BCUT2D eigenvalue weighted by atomic mass is 10.2. The van der Waals surface area contributed by atoms with Crippen molar-refractivity contribution >= 4 is 0 Å². The van der Waals surface area contributed by atoms with E-state index in [1.54, 1.807) is 31.2 Å². The van der Waals surface area contributed by atoms with Crippen LogP contribution < -0.4 is 0 Å². The van der Waals surface area contributed by atoms with Crippen molar-refractivity contribution in [3.05, 3.63) is 35.9 Å². The summed E-state index contributed by atoms with van der Waals surface area (Å²) in [5.74, 6) is -4.12. The Bertz CT molecular complexity index is 345. The summed E-state index contributed by atoms with van der Waals surface area (Å²) in [5.41, 5.74) is 0.861. The van der Waals surface area contributed by atoms with Gasteiger partial charge in [-0.05, 0) is 5.56 Å². The molecule has 1 aromatic carbocycles. The molecular weight excluding hydrogens is 250 g/mol. The molecule has 102 valence electrons. The number of benzene rings is 1. The molecule has 6 heteroatoms. The van der Waals surface area contributed by atoms with Gasteiger partial charge in [-0.2, -0.15) is 13.8 Å². The van der Waals surface area contributed by atoms with E-state index in [1.807, 2.05) is 6.07 Å². The standard InChI is InChI=1S/C12H15F4NO/c1-2-17(8-10-6-4-3-5-7-10)18-9-12(15,16)11(13)14/h3-7,11H,2,8-9H2,1H3. The zero-order chi connectivity index (χ0) is 13.6. The summed E-state index contributed by atoms with van der Waals surface area (Å²) < 4.78 is 49.3. The van der Waals surface area contributed by atoms with Gasteiger partial charge < -0.3 is 0 Å². The van der Waals surface area contributed by atoms with Crippen LogP contribution in [0.2, 0.25) is 0 Å². The summed E-state index contributed by atoms with van der Waals surface area (Å²) in [5, 5.41) is 1.23. The zero-order valence-electron chi connectivity index (χ0n) is 9.95. The smallest absolute Gasteiger partial charge is 0.292 e. The molecule has 0 heterocycles. The van der Waals surface area contributed by atoms with E-state index in [2.05, 4.69) is 0 Å². The van der Waals surface area contributed by atoms with Crippen LogP contribution in [0.1, 0.15) is 12.5 Å². The van der Waals surface area contributed by atoms with Gasteiger partial charge >= 0.3 is 12.3 Å². The first kappa shape index (κ1) is 14.9. The fourth-order valence-corrected chi connectivity index (χ4v) is 1.28. The van der Waals surface area contributed by atoms with Gasteiger partial charge in [0, 0.05) is 13.1 Å². The molecule has 2 nitrogen and oxygen atoms in total. The third kappa shape index (κ3) is 4.62. The van der Waals surface area contributed by atoms with E-state index in [4.69, 9.17) is 4.84 Å². The SMILES string of the molecule is CCN(Cc1ccccc1)OCC(F)(F)C(F)F. The summed E-state index contributed by atoms with van der Waals surface area (Å²) in [6, 6.07) is 9.04. The molecule has 0 aliphatic carbocycles. The predicted octanol–water partition coefficient (Wildman–Crippen LogP) is 3.34. The van der Waals surface area contributed by atoms with Crippen molar-refractivity contribution in [2.45, 2.75) is 25.8 Å². The molecule has 0 N–H and O–H groups in total. The maximum absolute atomic E-state index is 12.7. The molecule has 0 atom stereocenters. The van der Waals surface area contributed by atoms with Gasteiger partial charge in [-0.3, -0.25) is 4.84 Å². The molecule has 0 aliphatic rings. The minimum Gasteiger partial charge on any atom is -0.292 e. The highest BCUT2D eigenvalue weighted by atomic mass is 19.3. The quantitative estimate of drug-likeness (QED) is 0.554. The molecular formula is C12H15F4NO. The lowest BCUT2D eigenvalue weighted by Gasteiger charge is -2.23. The van der Waals surface area contributed by atoms with Gasteiger partial charge in [0.25, 0.3) is 0 Å². The molecule has 0 aromatic heterocycles. The van der Waals surface area contributed by atoms with Crippen molar-refractivity contribution < 1.29 is 22.4 Å². The van der Waals surface area contributed by atoms with Crippen molar-refractivity contribution in [3.63, 3.8) is 0 Å². The van der Waals surface area contributed by atoms with Gasteiger partial charge in [0.15, 0.2) is 0 Å². The Labute approximate surface area is 103 Å².